The van der Waals surface area contributed by atoms with Gasteiger partial charge < -0.3 is 9.64 Å². The van der Waals surface area contributed by atoms with Gasteiger partial charge in [0.1, 0.15) is 5.75 Å². The van der Waals surface area contributed by atoms with Crippen molar-refractivity contribution in [1.29, 1.82) is 5.26 Å². The number of carbonyl (C=O) groups is 1. The average molecular weight is 408 g/mol. The van der Waals surface area contributed by atoms with Crippen LogP contribution in [0.15, 0.2) is 22.7 Å². The molecule has 25 heavy (non-hydrogen) atoms. The zero-order valence-electron chi connectivity index (χ0n) is 15.0. The van der Waals surface area contributed by atoms with Crippen molar-refractivity contribution in [1.82, 2.24) is 9.80 Å². The molecule has 1 aliphatic heterocycles. The quantitative estimate of drug-likeness (QED) is 0.693. The summed E-state index contributed by atoms with van der Waals surface area (Å²) in [5, 5.41) is 8.69. The molecule has 2 rings (SSSR count). The number of rotatable bonds is 7. The standard InChI is InChI=1S/C19H26BrN3O2/c1-15(2)6-13-25-18-5-4-16(20)14-17(18)19(24)23-11-9-22(10-12-23)8-3-7-21/h4-5,14-15H,3,6,8-13H2,1-2H3. The number of amides is 1. The lowest BCUT2D eigenvalue weighted by Crippen LogP contribution is -2.48. The minimum Gasteiger partial charge on any atom is -0.493 e. The Hall–Kier alpha value is -1.58. The third kappa shape index (κ3) is 6.02. The molecule has 0 N–H and O–H groups in total. The summed E-state index contributed by atoms with van der Waals surface area (Å²) in [6.07, 6.45) is 1.49. The fourth-order valence-electron chi connectivity index (χ4n) is 2.75. The summed E-state index contributed by atoms with van der Waals surface area (Å²) >= 11 is 3.45. The molecule has 1 saturated heterocycles. The Morgan fingerprint density at radius 1 is 1.32 bits per heavy atom. The average Bonchev–Trinajstić information content (AvgIpc) is 2.60. The van der Waals surface area contributed by atoms with E-state index in [0.717, 1.165) is 30.5 Å². The van der Waals surface area contributed by atoms with Crippen LogP contribution in [0.1, 0.15) is 37.0 Å². The van der Waals surface area contributed by atoms with Gasteiger partial charge in [-0.15, -0.1) is 0 Å². The number of hydrogen-bond acceptors (Lipinski definition) is 4. The van der Waals surface area contributed by atoms with Crippen molar-refractivity contribution in [3.63, 3.8) is 0 Å². The Kier molecular flexibility index (Phi) is 7.73. The molecule has 0 radical (unpaired) electrons. The van der Waals surface area contributed by atoms with E-state index in [0.29, 0.717) is 43.3 Å². The molecule has 0 atom stereocenters. The lowest BCUT2D eigenvalue weighted by atomic mass is 10.1. The molecule has 0 unspecified atom stereocenters. The number of halogens is 1. The van der Waals surface area contributed by atoms with Gasteiger partial charge in [-0.25, -0.2) is 0 Å². The van der Waals surface area contributed by atoms with Gasteiger partial charge in [0.05, 0.1) is 18.2 Å². The molecular weight excluding hydrogens is 382 g/mol. The van der Waals surface area contributed by atoms with Crippen LogP contribution in [0.3, 0.4) is 0 Å². The molecule has 0 aliphatic carbocycles. The molecule has 1 aliphatic rings. The molecule has 1 amide bonds. The number of piperazine rings is 1. The lowest BCUT2D eigenvalue weighted by molar-refractivity contribution is 0.0635. The first-order chi connectivity index (χ1) is 12.0. The van der Waals surface area contributed by atoms with Crippen molar-refractivity contribution in [2.75, 3.05) is 39.3 Å². The first kappa shape index (κ1) is 19.7. The fraction of sp³-hybridized carbons (Fsp3) is 0.579. The van der Waals surface area contributed by atoms with Crippen molar-refractivity contribution < 1.29 is 9.53 Å². The van der Waals surface area contributed by atoms with Crippen LogP contribution in [0.5, 0.6) is 5.75 Å². The fourth-order valence-corrected chi connectivity index (χ4v) is 3.11. The predicted molar refractivity (Wildman–Crippen MR) is 102 cm³/mol. The first-order valence-electron chi connectivity index (χ1n) is 8.82. The van der Waals surface area contributed by atoms with Gasteiger partial charge in [-0.2, -0.15) is 5.26 Å². The Labute approximate surface area is 158 Å². The van der Waals surface area contributed by atoms with Crippen LogP contribution in [0.25, 0.3) is 0 Å². The second kappa shape index (κ2) is 9.79. The van der Waals surface area contributed by atoms with Gasteiger partial charge in [0, 0.05) is 43.6 Å². The molecule has 0 saturated carbocycles. The zero-order valence-corrected chi connectivity index (χ0v) is 16.6. The van der Waals surface area contributed by atoms with Crippen molar-refractivity contribution in [2.24, 2.45) is 5.92 Å². The molecule has 5 nitrogen and oxygen atoms in total. The maximum absolute atomic E-state index is 12.9. The number of nitrogens with zero attached hydrogens (tertiary/aromatic N) is 3. The van der Waals surface area contributed by atoms with Crippen molar-refractivity contribution >= 4 is 21.8 Å². The van der Waals surface area contributed by atoms with Crippen LogP contribution >= 0.6 is 15.9 Å². The van der Waals surface area contributed by atoms with Gasteiger partial charge in [-0.05, 0) is 30.5 Å². The molecule has 136 valence electrons. The van der Waals surface area contributed by atoms with E-state index in [9.17, 15) is 4.79 Å². The van der Waals surface area contributed by atoms with E-state index in [-0.39, 0.29) is 5.91 Å². The van der Waals surface area contributed by atoms with Gasteiger partial charge in [0.25, 0.3) is 5.91 Å². The Bertz CT molecular complexity index is 620. The number of nitriles is 1. The summed E-state index contributed by atoms with van der Waals surface area (Å²) in [6, 6.07) is 7.78. The largest absolute Gasteiger partial charge is 0.493 e. The summed E-state index contributed by atoms with van der Waals surface area (Å²) in [4.78, 5) is 17.0. The maximum atomic E-state index is 12.9. The number of hydrogen-bond donors (Lipinski definition) is 0. The third-order valence-corrected chi connectivity index (χ3v) is 4.82. The van der Waals surface area contributed by atoms with Crippen LogP contribution in [0, 0.1) is 17.2 Å². The van der Waals surface area contributed by atoms with Crippen LogP contribution in [0.2, 0.25) is 0 Å². The molecule has 1 fully saturated rings. The summed E-state index contributed by atoms with van der Waals surface area (Å²) < 4.78 is 6.75. The molecule has 0 spiro atoms. The topological polar surface area (TPSA) is 56.6 Å². The number of carbonyl (C=O) groups excluding carboxylic acids is 1. The lowest BCUT2D eigenvalue weighted by Gasteiger charge is -2.34. The van der Waals surface area contributed by atoms with E-state index in [4.69, 9.17) is 10.00 Å². The smallest absolute Gasteiger partial charge is 0.257 e. The number of benzene rings is 1. The SMILES string of the molecule is CC(C)CCOc1ccc(Br)cc1C(=O)N1CCN(CCC#N)CC1. The van der Waals surface area contributed by atoms with Gasteiger partial charge in [0.2, 0.25) is 0 Å². The highest BCUT2D eigenvalue weighted by Crippen LogP contribution is 2.25. The van der Waals surface area contributed by atoms with Gasteiger partial charge in [-0.3, -0.25) is 9.69 Å². The zero-order chi connectivity index (χ0) is 18.2. The second-order valence-corrected chi connectivity index (χ2v) is 7.63. The summed E-state index contributed by atoms with van der Waals surface area (Å²) in [5.74, 6) is 1.23. The van der Waals surface area contributed by atoms with E-state index in [1.165, 1.54) is 0 Å². The van der Waals surface area contributed by atoms with E-state index in [1.807, 2.05) is 23.1 Å². The Balaban J connectivity index is 2.01. The van der Waals surface area contributed by atoms with E-state index < -0.39 is 0 Å². The van der Waals surface area contributed by atoms with Crippen LogP contribution in [-0.2, 0) is 0 Å². The van der Waals surface area contributed by atoms with Crippen LogP contribution in [-0.4, -0.2) is 55.0 Å². The minimum atomic E-state index is 0.0146. The maximum Gasteiger partial charge on any atom is 0.257 e. The monoisotopic (exact) mass is 407 g/mol. The van der Waals surface area contributed by atoms with Gasteiger partial charge in [-0.1, -0.05) is 29.8 Å². The van der Waals surface area contributed by atoms with Crippen LogP contribution < -0.4 is 4.74 Å². The molecule has 0 aromatic heterocycles. The van der Waals surface area contributed by atoms with Crippen molar-refractivity contribution in [2.45, 2.75) is 26.7 Å². The summed E-state index contributed by atoms with van der Waals surface area (Å²) in [6.45, 7) is 8.69. The highest BCUT2D eigenvalue weighted by atomic mass is 79.9. The van der Waals surface area contributed by atoms with E-state index >= 15 is 0 Å². The van der Waals surface area contributed by atoms with E-state index in [1.54, 1.807) is 0 Å². The van der Waals surface area contributed by atoms with Gasteiger partial charge >= 0.3 is 0 Å². The van der Waals surface area contributed by atoms with Crippen LogP contribution in [0.4, 0.5) is 0 Å². The molecule has 1 aromatic rings. The second-order valence-electron chi connectivity index (χ2n) is 6.71. The molecule has 0 bridgehead atoms. The highest BCUT2D eigenvalue weighted by Gasteiger charge is 2.24. The summed E-state index contributed by atoms with van der Waals surface area (Å²) in [7, 11) is 0. The van der Waals surface area contributed by atoms with Crippen molar-refractivity contribution in [3.8, 4) is 11.8 Å². The molecule has 1 heterocycles. The highest BCUT2D eigenvalue weighted by molar-refractivity contribution is 9.10. The molecule has 6 heteroatoms. The minimum absolute atomic E-state index is 0.0146. The normalized spacial score (nSPS) is 15.2. The Morgan fingerprint density at radius 3 is 2.68 bits per heavy atom. The van der Waals surface area contributed by atoms with E-state index in [2.05, 4.69) is 40.7 Å². The first-order valence-corrected chi connectivity index (χ1v) is 9.61. The summed E-state index contributed by atoms with van der Waals surface area (Å²) in [5.41, 5.74) is 0.614. The molecule has 1 aromatic carbocycles. The number of ether oxygens (including phenoxy) is 1. The molecular formula is C19H26BrN3O2. The van der Waals surface area contributed by atoms with Crippen molar-refractivity contribution in [3.05, 3.63) is 28.2 Å². The Morgan fingerprint density at radius 2 is 2.04 bits per heavy atom. The van der Waals surface area contributed by atoms with Gasteiger partial charge in [0.15, 0.2) is 0 Å². The predicted octanol–water partition coefficient (Wildman–Crippen LogP) is 3.55. The third-order valence-electron chi connectivity index (χ3n) is 4.32.